The first-order valence-corrected chi connectivity index (χ1v) is 9.92. The average Bonchev–Trinajstić information content (AvgIpc) is 3.16. The number of H-pyrrole nitrogens is 1. The molecule has 3 N–H and O–H groups in total. The van der Waals surface area contributed by atoms with Crippen molar-refractivity contribution in [1.29, 1.82) is 0 Å². The Morgan fingerprint density at radius 3 is 2.87 bits per heavy atom. The van der Waals surface area contributed by atoms with Crippen LogP contribution < -0.4 is 5.32 Å². The molecule has 156 valence electrons. The van der Waals surface area contributed by atoms with Crippen molar-refractivity contribution in [3.8, 4) is 11.3 Å². The molecular formula is C22H25N5O3. The first kappa shape index (κ1) is 20.2. The molecule has 0 bridgehead atoms. The Labute approximate surface area is 174 Å². The molecule has 8 heteroatoms. The quantitative estimate of drug-likeness (QED) is 0.572. The van der Waals surface area contributed by atoms with Crippen molar-refractivity contribution in [2.45, 2.75) is 12.1 Å². The van der Waals surface area contributed by atoms with Gasteiger partial charge in [0.25, 0.3) is 5.91 Å². The number of ether oxygens (including phenoxy) is 1. The first-order chi connectivity index (χ1) is 14.6. The third-order valence-corrected chi connectivity index (χ3v) is 5.09. The molecule has 1 aliphatic rings. The number of carbonyl (C=O) groups is 1. The lowest BCUT2D eigenvalue weighted by Gasteiger charge is -2.30. The number of nitrogens with one attached hydrogen (secondary N) is 2. The number of β-amino-alcohol motifs (C(OH)–C–C–N with tert-alkyl or cyclic N) is 1. The zero-order chi connectivity index (χ0) is 20.8. The van der Waals surface area contributed by atoms with Crippen molar-refractivity contribution in [3.63, 3.8) is 0 Å². The summed E-state index contributed by atoms with van der Waals surface area (Å²) < 4.78 is 5.63. The molecule has 1 atom stereocenters. The van der Waals surface area contributed by atoms with Gasteiger partial charge >= 0.3 is 0 Å². The van der Waals surface area contributed by atoms with E-state index < -0.39 is 5.60 Å². The lowest BCUT2D eigenvalue weighted by atomic mass is 10.0. The number of carbonyl (C=O) groups excluding carboxylic acids is 1. The largest absolute Gasteiger partial charge is 0.384 e. The van der Waals surface area contributed by atoms with Gasteiger partial charge in [0.15, 0.2) is 0 Å². The fourth-order valence-electron chi connectivity index (χ4n) is 3.60. The third kappa shape index (κ3) is 4.91. The van der Waals surface area contributed by atoms with Crippen LogP contribution >= 0.6 is 0 Å². The molecule has 30 heavy (non-hydrogen) atoms. The van der Waals surface area contributed by atoms with Gasteiger partial charge in [0, 0.05) is 31.4 Å². The van der Waals surface area contributed by atoms with E-state index in [9.17, 15) is 9.90 Å². The van der Waals surface area contributed by atoms with Crippen molar-refractivity contribution < 1.29 is 14.6 Å². The van der Waals surface area contributed by atoms with Crippen molar-refractivity contribution in [2.75, 3.05) is 32.8 Å². The standard InChI is InChI=1S/C22H25N5O3/c28-21(19-8-4-5-9-23-19)24-14-22(29)15-27(10-11-30-16-22)13-18-12-25-26-20(18)17-6-2-1-3-7-17/h1-9,12,29H,10-11,13-16H2,(H,24,28)(H,25,26). The summed E-state index contributed by atoms with van der Waals surface area (Å²) in [5.74, 6) is -0.318. The Bertz CT molecular complexity index is 963. The summed E-state index contributed by atoms with van der Waals surface area (Å²) in [4.78, 5) is 18.5. The molecule has 0 radical (unpaired) electrons. The SMILES string of the molecule is O=C(NCC1(O)COCCN(Cc2cn[nH]c2-c2ccccc2)C1)c1ccccn1. The maximum absolute atomic E-state index is 12.3. The minimum absolute atomic E-state index is 0.0792. The highest BCUT2D eigenvalue weighted by Crippen LogP contribution is 2.23. The summed E-state index contributed by atoms with van der Waals surface area (Å²) in [5.41, 5.74) is 2.19. The number of rotatable bonds is 6. The fourth-order valence-corrected chi connectivity index (χ4v) is 3.60. The first-order valence-electron chi connectivity index (χ1n) is 9.92. The highest BCUT2D eigenvalue weighted by molar-refractivity contribution is 5.92. The van der Waals surface area contributed by atoms with Gasteiger partial charge < -0.3 is 15.2 Å². The molecule has 0 aliphatic carbocycles. The van der Waals surface area contributed by atoms with Crippen LogP contribution in [-0.2, 0) is 11.3 Å². The van der Waals surface area contributed by atoms with E-state index in [-0.39, 0.29) is 19.1 Å². The summed E-state index contributed by atoms with van der Waals surface area (Å²) in [6.45, 7) is 2.40. The van der Waals surface area contributed by atoms with Crippen LogP contribution in [0.25, 0.3) is 11.3 Å². The van der Waals surface area contributed by atoms with Crippen molar-refractivity contribution in [3.05, 3.63) is 72.2 Å². The smallest absolute Gasteiger partial charge is 0.269 e. The fraction of sp³-hybridized carbons (Fsp3) is 0.318. The Balaban J connectivity index is 1.42. The number of aromatic amines is 1. The number of aliphatic hydroxyl groups is 1. The van der Waals surface area contributed by atoms with E-state index in [4.69, 9.17) is 4.74 Å². The van der Waals surface area contributed by atoms with Crippen LogP contribution in [0.2, 0.25) is 0 Å². The van der Waals surface area contributed by atoms with E-state index in [1.807, 2.05) is 36.5 Å². The molecule has 0 saturated carbocycles. The molecule has 1 aromatic carbocycles. The van der Waals surface area contributed by atoms with E-state index >= 15 is 0 Å². The van der Waals surface area contributed by atoms with Gasteiger partial charge in [0.05, 0.1) is 31.6 Å². The maximum atomic E-state index is 12.3. The zero-order valence-electron chi connectivity index (χ0n) is 16.6. The lowest BCUT2D eigenvalue weighted by Crippen LogP contribution is -2.52. The normalized spacial score (nSPS) is 19.9. The Kier molecular flexibility index (Phi) is 6.18. The number of pyridine rings is 1. The highest BCUT2D eigenvalue weighted by atomic mass is 16.5. The van der Waals surface area contributed by atoms with Crippen LogP contribution in [0, 0.1) is 0 Å². The molecule has 2 aromatic heterocycles. The van der Waals surface area contributed by atoms with Gasteiger partial charge in [0.1, 0.15) is 11.3 Å². The molecule has 1 amide bonds. The second kappa shape index (κ2) is 9.17. The van der Waals surface area contributed by atoms with Gasteiger partial charge in [-0.1, -0.05) is 36.4 Å². The molecule has 3 aromatic rings. The van der Waals surface area contributed by atoms with E-state index in [0.717, 1.165) is 16.8 Å². The topological polar surface area (TPSA) is 103 Å². The number of benzene rings is 1. The van der Waals surface area contributed by atoms with Crippen molar-refractivity contribution in [1.82, 2.24) is 25.4 Å². The van der Waals surface area contributed by atoms with Crippen LogP contribution in [0.15, 0.2) is 60.9 Å². The second-order valence-corrected chi connectivity index (χ2v) is 7.52. The van der Waals surface area contributed by atoms with E-state index in [0.29, 0.717) is 31.9 Å². The third-order valence-electron chi connectivity index (χ3n) is 5.09. The molecule has 1 aliphatic heterocycles. The number of amides is 1. The average molecular weight is 407 g/mol. The number of hydrogen-bond donors (Lipinski definition) is 3. The predicted octanol–water partition coefficient (Wildman–Crippen LogP) is 1.46. The van der Waals surface area contributed by atoms with Crippen LogP contribution in [-0.4, -0.2) is 69.5 Å². The molecule has 1 unspecified atom stereocenters. The van der Waals surface area contributed by atoms with Gasteiger partial charge in [-0.25, -0.2) is 0 Å². The van der Waals surface area contributed by atoms with Crippen molar-refractivity contribution >= 4 is 5.91 Å². The molecule has 1 saturated heterocycles. The van der Waals surface area contributed by atoms with Crippen molar-refractivity contribution in [2.24, 2.45) is 0 Å². The minimum atomic E-state index is -1.20. The Hall–Kier alpha value is -3.07. The van der Waals surface area contributed by atoms with Gasteiger partial charge in [-0.3, -0.25) is 19.8 Å². The summed E-state index contributed by atoms with van der Waals surface area (Å²) in [6, 6.07) is 15.2. The minimum Gasteiger partial charge on any atom is -0.384 e. The van der Waals surface area contributed by atoms with Crippen LogP contribution in [0.1, 0.15) is 16.1 Å². The molecule has 3 heterocycles. The maximum Gasteiger partial charge on any atom is 0.269 e. The van der Waals surface area contributed by atoms with Crippen LogP contribution in [0.3, 0.4) is 0 Å². The van der Waals surface area contributed by atoms with Gasteiger partial charge in [0.2, 0.25) is 0 Å². The van der Waals surface area contributed by atoms with E-state index in [1.54, 1.807) is 24.4 Å². The molecule has 4 rings (SSSR count). The zero-order valence-corrected chi connectivity index (χ0v) is 16.6. The Morgan fingerprint density at radius 2 is 2.07 bits per heavy atom. The highest BCUT2D eigenvalue weighted by Gasteiger charge is 2.33. The molecular weight excluding hydrogens is 382 g/mol. The van der Waals surface area contributed by atoms with E-state index in [2.05, 4.69) is 25.4 Å². The summed E-state index contributed by atoms with van der Waals surface area (Å²) in [6.07, 6.45) is 3.38. The monoisotopic (exact) mass is 407 g/mol. The summed E-state index contributed by atoms with van der Waals surface area (Å²) in [7, 11) is 0. The molecule has 1 fully saturated rings. The predicted molar refractivity (Wildman–Crippen MR) is 112 cm³/mol. The lowest BCUT2D eigenvalue weighted by molar-refractivity contribution is -0.0345. The summed E-state index contributed by atoms with van der Waals surface area (Å²) in [5, 5.41) is 21.2. The second-order valence-electron chi connectivity index (χ2n) is 7.52. The van der Waals surface area contributed by atoms with Gasteiger partial charge in [-0.2, -0.15) is 5.10 Å². The number of hydrogen-bond acceptors (Lipinski definition) is 6. The van der Waals surface area contributed by atoms with Gasteiger partial charge in [-0.05, 0) is 17.7 Å². The molecule has 8 nitrogen and oxygen atoms in total. The number of nitrogens with zero attached hydrogens (tertiary/aromatic N) is 3. The van der Waals surface area contributed by atoms with Crippen LogP contribution in [0.4, 0.5) is 0 Å². The molecule has 0 spiro atoms. The van der Waals surface area contributed by atoms with Gasteiger partial charge in [-0.15, -0.1) is 0 Å². The number of aromatic nitrogens is 3. The Morgan fingerprint density at radius 1 is 1.23 bits per heavy atom. The van der Waals surface area contributed by atoms with E-state index in [1.165, 1.54) is 0 Å². The summed E-state index contributed by atoms with van der Waals surface area (Å²) >= 11 is 0. The van der Waals surface area contributed by atoms with Crippen LogP contribution in [0.5, 0.6) is 0 Å².